The number of furan rings is 1. The molecule has 5 heteroatoms. The second kappa shape index (κ2) is 7.90. The molecule has 24 heavy (non-hydrogen) atoms. The minimum atomic E-state index is 0.0575. The smallest absolute Gasteiger partial charge is 0.191 e. The Labute approximate surface area is 144 Å². The van der Waals surface area contributed by atoms with Crippen LogP contribution in [-0.2, 0) is 6.54 Å². The highest BCUT2D eigenvalue weighted by Gasteiger charge is 2.11. The molecule has 0 spiro atoms. The summed E-state index contributed by atoms with van der Waals surface area (Å²) in [6.07, 6.45) is 0. The highest BCUT2D eigenvalue weighted by atomic mass is 16.3. The van der Waals surface area contributed by atoms with Gasteiger partial charge in [-0.15, -0.1) is 0 Å². The van der Waals surface area contributed by atoms with Crippen molar-refractivity contribution in [2.45, 2.75) is 33.4 Å². The van der Waals surface area contributed by atoms with Crippen LogP contribution in [0.5, 0.6) is 0 Å². The van der Waals surface area contributed by atoms with Gasteiger partial charge in [-0.1, -0.05) is 6.07 Å². The fourth-order valence-corrected chi connectivity index (χ4v) is 2.49. The Hall–Kier alpha value is -2.43. The summed E-state index contributed by atoms with van der Waals surface area (Å²) < 4.78 is 5.66. The van der Waals surface area contributed by atoms with Gasteiger partial charge in [-0.2, -0.15) is 0 Å². The van der Waals surface area contributed by atoms with E-state index < -0.39 is 0 Å². The highest BCUT2D eigenvalue weighted by Crippen LogP contribution is 2.18. The summed E-state index contributed by atoms with van der Waals surface area (Å²) in [4.78, 5) is 6.40. The predicted octanol–water partition coefficient (Wildman–Crippen LogP) is 3.39. The molecule has 0 fully saturated rings. The minimum absolute atomic E-state index is 0.0575. The van der Waals surface area contributed by atoms with Crippen LogP contribution in [0.1, 0.15) is 35.6 Å². The molecule has 2 rings (SSSR count). The van der Waals surface area contributed by atoms with Gasteiger partial charge in [-0.25, -0.2) is 0 Å². The predicted molar refractivity (Wildman–Crippen MR) is 101 cm³/mol. The summed E-state index contributed by atoms with van der Waals surface area (Å²) in [5, 5.41) is 6.72. The molecule has 130 valence electrons. The lowest BCUT2D eigenvalue weighted by molar-refractivity contribution is 0.441. The lowest BCUT2D eigenvalue weighted by Gasteiger charge is -2.18. The van der Waals surface area contributed by atoms with Crippen LogP contribution in [-0.4, -0.2) is 27.1 Å². The quantitative estimate of drug-likeness (QED) is 0.652. The first kappa shape index (κ1) is 17.9. The van der Waals surface area contributed by atoms with E-state index in [-0.39, 0.29) is 6.04 Å². The van der Waals surface area contributed by atoms with Gasteiger partial charge in [-0.05, 0) is 56.2 Å². The number of nitrogens with zero attached hydrogens (tertiary/aromatic N) is 2. The summed E-state index contributed by atoms with van der Waals surface area (Å²) in [7, 11) is 5.88. The summed E-state index contributed by atoms with van der Waals surface area (Å²) >= 11 is 0. The zero-order chi connectivity index (χ0) is 17.7. The maximum Gasteiger partial charge on any atom is 0.191 e. The third kappa shape index (κ3) is 4.54. The second-order valence-corrected chi connectivity index (χ2v) is 6.25. The summed E-state index contributed by atoms with van der Waals surface area (Å²) in [5.41, 5.74) is 3.73. The van der Waals surface area contributed by atoms with E-state index in [0.717, 1.165) is 24.0 Å². The normalized spacial score (nSPS) is 12.8. The highest BCUT2D eigenvalue weighted by molar-refractivity contribution is 5.80. The summed E-state index contributed by atoms with van der Waals surface area (Å²) in [5.74, 6) is 2.58. The average Bonchev–Trinajstić information content (AvgIpc) is 2.98. The Bertz CT molecular complexity index is 703. The average molecular weight is 328 g/mol. The Kier molecular flexibility index (Phi) is 5.90. The van der Waals surface area contributed by atoms with Crippen molar-refractivity contribution in [3.63, 3.8) is 0 Å². The first-order valence-electron chi connectivity index (χ1n) is 8.21. The Morgan fingerprint density at radius 1 is 1.21 bits per heavy atom. The van der Waals surface area contributed by atoms with Crippen molar-refractivity contribution < 1.29 is 4.42 Å². The summed E-state index contributed by atoms with van der Waals surface area (Å²) in [6.45, 7) is 6.86. The molecule has 0 radical (unpaired) electrons. The molecular weight excluding hydrogens is 300 g/mol. The minimum Gasteiger partial charge on any atom is -0.464 e. The van der Waals surface area contributed by atoms with Gasteiger partial charge in [0.1, 0.15) is 11.5 Å². The first-order chi connectivity index (χ1) is 11.4. The molecule has 0 saturated heterocycles. The summed E-state index contributed by atoms with van der Waals surface area (Å²) in [6, 6.07) is 10.5. The molecule has 1 unspecified atom stereocenters. The molecule has 0 aliphatic rings. The third-order valence-electron chi connectivity index (χ3n) is 4.05. The van der Waals surface area contributed by atoms with Gasteiger partial charge < -0.3 is 20.0 Å². The number of hydrogen-bond donors (Lipinski definition) is 2. The molecule has 1 heterocycles. The van der Waals surface area contributed by atoms with Crippen molar-refractivity contribution in [2.24, 2.45) is 4.99 Å². The number of aliphatic imine (C=N–C) groups is 1. The van der Waals surface area contributed by atoms with Crippen LogP contribution in [0.4, 0.5) is 5.69 Å². The maximum absolute atomic E-state index is 5.66. The monoisotopic (exact) mass is 328 g/mol. The van der Waals surface area contributed by atoms with Gasteiger partial charge in [0.2, 0.25) is 0 Å². The van der Waals surface area contributed by atoms with Crippen molar-refractivity contribution in [3.8, 4) is 0 Å². The lowest BCUT2D eigenvalue weighted by Crippen LogP contribution is -2.38. The standard InChI is InChI=1S/C19H28N4O/c1-13-11-17(23(5)6)9-8-16(13)12-21-19(20-4)22-15(3)18-10-7-14(2)24-18/h7-11,15H,12H2,1-6H3,(H2,20,21,22). The molecule has 0 aliphatic heterocycles. The van der Waals surface area contributed by atoms with Gasteiger partial charge >= 0.3 is 0 Å². The van der Waals surface area contributed by atoms with Gasteiger partial charge in [0, 0.05) is 33.4 Å². The Morgan fingerprint density at radius 2 is 1.96 bits per heavy atom. The zero-order valence-electron chi connectivity index (χ0n) is 15.5. The van der Waals surface area contributed by atoms with Crippen molar-refractivity contribution >= 4 is 11.6 Å². The molecule has 1 atom stereocenters. The molecule has 0 amide bonds. The fraction of sp³-hybridized carbons (Fsp3) is 0.421. The molecule has 1 aromatic heterocycles. The maximum atomic E-state index is 5.66. The number of hydrogen-bond acceptors (Lipinski definition) is 3. The zero-order valence-corrected chi connectivity index (χ0v) is 15.5. The van der Waals surface area contributed by atoms with Crippen LogP contribution >= 0.6 is 0 Å². The number of guanidine groups is 1. The van der Waals surface area contributed by atoms with Gasteiger partial charge in [0.05, 0.1) is 6.04 Å². The third-order valence-corrected chi connectivity index (χ3v) is 4.05. The number of anilines is 1. The van der Waals surface area contributed by atoms with E-state index >= 15 is 0 Å². The molecule has 5 nitrogen and oxygen atoms in total. The molecule has 2 N–H and O–H groups in total. The van der Waals surface area contributed by atoms with E-state index in [9.17, 15) is 0 Å². The molecule has 0 saturated carbocycles. The van der Waals surface area contributed by atoms with Crippen molar-refractivity contribution in [1.82, 2.24) is 10.6 Å². The Morgan fingerprint density at radius 3 is 2.50 bits per heavy atom. The largest absolute Gasteiger partial charge is 0.464 e. The van der Waals surface area contributed by atoms with Crippen molar-refractivity contribution in [2.75, 3.05) is 26.0 Å². The van der Waals surface area contributed by atoms with E-state index in [2.05, 4.69) is 66.7 Å². The van der Waals surface area contributed by atoms with Gasteiger partial charge in [0.25, 0.3) is 0 Å². The molecule has 0 aliphatic carbocycles. The fourth-order valence-electron chi connectivity index (χ4n) is 2.49. The number of nitrogens with one attached hydrogen (secondary N) is 2. The molecule has 2 aromatic rings. The second-order valence-electron chi connectivity index (χ2n) is 6.25. The van der Waals surface area contributed by atoms with Gasteiger partial charge in [0.15, 0.2) is 5.96 Å². The van der Waals surface area contributed by atoms with E-state index in [1.54, 1.807) is 7.05 Å². The molecular formula is C19H28N4O. The van der Waals surface area contributed by atoms with Crippen LogP contribution in [0, 0.1) is 13.8 Å². The van der Waals surface area contributed by atoms with Crippen LogP contribution in [0.15, 0.2) is 39.7 Å². The number of rotatable bonds is 5. The van der Waals surface area contributed by atoms with Crippen molar-refractivity contribution in [3.05, 3.63) is 53.0 Å². The molecule has 1 aromatic carbocycles. The topological polar surface area (TPSA) is 52.8 Å². The van der Waals surface area contributed by atoms with Gasteiger partial charge in [-0.3, -0.25) is 4.99 Å². The Balaban J connectivity index is 1.96. The molecule has 0 bridgehead atoms. The van der Waals surface area contributed by atoms with E-state index in [0.29, 0.717) is 0 Å². The van der Waals surface area contributed by atoms with E-state index in [1.165, 1.54) is 16.8 Å². The van der Waals surface area contributed by atoms with Crippen molar-refractivity contribution in [1.29, 1.82) is 0 Å². The van der Waals surface area contributed by atoms with Crippen LogP contribution < -0.4 is 15.5 Å². The van der Waals surface area contributed by atoms with Crippen LogP contribution in [0.3, 0.4) is 0 Å². The van der Waals surface area contributed by atoms with Crippen LogP contribution in [0.25, 0.3) is 0 Å². The first-order valence-corrected chi connectivity index (χ1v) is 8.21. The number of benzene rings is 1. The lowest BCUT2D eigenvalue weighted by atomic mass is 10.1. The van der Waals surface area contributed by atoms with E-state index in [4.69, 9.17) is 4.42 Å². The number of aryl methyl sites for hydroxylation is 2. The van der Waals surface area contributed by atoms with E-state index in [1.807, 2.05) is 19.1 Å². The SMILES string of the molecule is CN=C(NCc1ccc(N(C)C)cc1C)NC(C)c1ccc(C)o1. The van der Waals surface area contributed by atoms with Crippen LogP contribution in [0.2, 0.25) is 0 Å².